The lowest BCUT2D eigenvalue weighted by Crippen LogP contribution is -2.09. The Hall–Kier alpha value is -1.62. The van der Waals surface area contributed by atoms with Crippen LogP contribution in [0.3, 0.4) is 0 Å². The van der Waals surface area contributed by atoms with Crippen molar-refractivity contribution in [3.8, 4) is 0 Å². The Morgan fingerprint density at radius 2 is 1.90 bits per heavy atom. The minimum absolute atomic E-state index is 0.557. The lowest BCUT2D eigenvalue weighted by molar-refractivity contribution is 0.833. The molecule has 0 aliphatic heterocycles. The van der Waals surface area contributed by atoms with Gasteiger partial charge in [0.05, 0.1) is 0 Å². The van der Waals surface area contributed by atoms with E-state index in [9.17, 15) is 0 Å². The number of hydrogen-bond acceptors (Lipinski definition) is 4. The maximum atomic E-state index is 5.94. The summed E-state index contributed by atoms with van der Waals surface area (Å²) in [5.74, 6) is 2.18. The van der Waals surface area contributed by atoms with Gasteiger partial charge in [-0.3, -0.25) is 0 Å². The van der Waals surface area contributed by atoms with Crippen LogP contribution in [0.4, 0.5) is 11.6 Å². The van der Waals surface area contributed by atoms with Crippen molar-refractivity contribution < 1.29 is 0 Å². The van der Waals surface area contributed by atoms with E-state index in [0.717, 1.165) is 41.1 Å². The first kappa shape index (κ1) is 14.8. The van der Waals surface area contributed by atoms with E-state index in [4.69, 9.17) is 5.73 Å². The van der Waals surface area contributed by atoms with E-state index in [1.54, 1.807) is 0 Å². The summed E-state index contributed by atoms with van der Waals surface area (Å²) < 4.78 is 1.08. The van der Waals surface area contributed by atoms with E-state index in [-0.39, 0.29) is 0 Å². The van der Waals surface area contributed by atoms with Gasteiger partial charge >= 0.3 is 0 Å². The maximum absolute atomic E-state index is 5.94. The molecule has 0 bridgehead atoms. The molecule has 106 valence electrons. The zero-order valence-corrected chi connectivity index (χ0v) is 13.4. The molecule has 0 spiro atoms. The summed E-state index contributed by atoms with van der Waals surface area (Å²) in [6.07, 6.45) is 1.85. The number of aryl methyl sites for hydroxylation is 1. The van der Waals surface area contributed by atoms with Crippen molar-refractivity contribution in [2.24, 2.45) is 0 Å². The molecular formula is C15H19BrN4. The summed E-state index contributed by atoms with van der Waals surface area (Å²) in [6, 6.07) is 8.20. The summed E-state index contributed by atoms with van der Waals surface area (Å²) in [6.45, 7) is 4.76. The Bertz CT molecular complexity index is 581. The Balaban J connectivity index is 2.13. The number of benzene rings is 1. The molecule has 1 aromatic heterocycles. The zero-order chi connectivity index (χ0) is 14.5. The van der Waals surface area contributed by atoms with Crippen LogP contribution >= 0.6 is 15.9 Å². The molecule has 20 heavy (non-hydrogen) atoms. The molecule has 0 saturated heterocycles. The van der Waals surface area contributed by atoms with Crippen LogP contribution in [0.15, 0.2) is 28.7 Å². The molecule has 0 aliphatic rings. The molecule has 2 aromatic rings. The average molecular weight is 335 g/mol. The number of nitrogen functional groups attached to an aromatic ring is 1. The minimum atomic E-state index is 0.557. The zero-order valence-electron chi connectivity index (χ0n) is 11.8. The van der Waals surface area contributed by atoms with Crippen LogP contribution in [0.2, 0.25) is 0 Å². The molecule has 0 radical (unpaired) electrons. The fourth-order valence-corrected chi connectivity index (χ4v) is 2.14. The second-order valence-electron chi connectivity index (χ2n) is 4.73. The van der Waals surface area contributed by atoms with Crippen molar-refractivity contribution >= 4 is 27.6 Å². The van der Waals surface area contributed by atoms with E-state index >= 15 is 0 Å². The van der Waals surface area contributed by atoms with Crippen LogP contribution < -0.4 is 11.1 Å². The Morgan fingerprint density at radius 3 is 2.55 bits per heavy atom. The minimum Gasteiger partial charge on any atom is -0.383 e. The smallest absolute Gasteiger partial charge is 0.135 e. The third kappa shape index (κ3) is 3.70. The normalized spacial score (nSPS) is 10.6. The van der Waals surface area contributed by atoms with E-state index in [0.29, 0.717) is 5.82 Å². The molecule has 0 saturated carbocycles. The van der Waals surface area contributed by atoms with Gasteiger partial charge < -0.3 is 11.1 Å². The predicted octanol–water partition coefficient (Wildman–Crippen LogP) is 3.69. The van der Waals surface area contributed by atoms with Crippen molar-refractivity contribution in [2.45, 2.75) is 33.2 Å². The Morgan fingerprint density at radius 1 is 1.20 bits per heavy atom. The molecule has 0 unspecified atom stereocenters. The lowest BCUT2D eigenvalue weighted by atomic mass is 10.2. The van der Waals surface area contributed by atoms with Crippen molar-refractivity contribution in [1.29, 1.82) is 0 Å². The summed E-state index contributed by atoms with van der Waals surface area (Å²) in [4.78, 5) is 8.85. The van der Waals surface area contributed by atoms with Gasteiger partial charge in [-0.2, -0.15) is 0 Å². The first-order valence-corrected chi connectivity index (χ1v) is 7.50. The van der Waals surface area contributed by atoms with Crippen LogP contribution in [0, 0.1) is 6.92 Å². The van der Waals surface area contributed by atoms with Crippen LogP contribution in [0.25, 0.3) is 0 Å². The van der Waals surface area contributed by atoms with Gasteiger partial charge in [0.2, 0.25) is 0 Å². The standard InChI is InChI=1S/C15H19BrN4/c1-3-4-13-19-14(17)10(2)15(20-13)18-9-11-5-7-12(16)8-6-11/h5-8H,3-4,9H2,1-2H3,(H3,17,18,19,20). The van der Waals surface area contributed by atoms with Crippen molar-refractivity contribution in [3.63, 3.8) is 0 Å². The van der Waals surface area contributed by atoms with Gasteiger partial charge in [-0.1, -0.05) is 35.0 Å². The van der Waals surface area contributed by atoms with Crippen molar-refractivity contribution in [3.05, 3.63) is 45.7 Å². The number of rotatable bonds is 5. The number of hydrogen-bond donors (Lipinski definition) is 2. The molecule has 4 nitrogen and oxygen atoms in total. The summed E-state index contributed by atoms with van der Waals surface area (Å²) in [7, 11) is 0. The highest BCUT2D eigenvalue weighted by atomic mass is 79.9. The summed E-state index contributed by atoms with van der Waals surface area (Å²) in [5.41, 5.74) is 8.04. The van der Waals surface area contributed by atoms with Crippen LogP contribution in [-0.4, -0.2) is 9.97 Å². The molecule has 1 aromatic carbocycles. The van der Waals surface area contributed by atoms with Gasteiger partial charge in [0, 0.05) is 23.0 Å². The monoisotopic (exact) mass is 334 g/mol. The van der Waals surface area contributed by atoms with Gasteiger partial charge in [0.1, 0.15) is 17.5 Å². The Labute approximate surface area is 128 Å². The molecule has 1 heterocycles. The second-order valence-corrected chi connectivity index (χ2v) is 5.64. The van der Waals surface area contributed by atoms with Crippen LogP contribution in [0.5, 0.6) is 0 Å². The number of aromatic nitrogens is 2. The molecule has 0 aliphatic carbocycles. The van der Waals surface area contributed by atoms with E-state index in [1.807, 2.05) is 19.1 Å². The topological polar surface area (TPSA) is 63.8 Å². The number of anilines is 2. The molecule has 0 fully saturated rings. The number of nitrogens with two attached hydrogens (primary N) is 1. The highest BCUT2D eigenvalue weighted by Gasteiger charge is 2.08. The highest BCUT2D eigenvalue weighted by Crippen LogP contribution is 2.19. The van der Waals surface area contributed by atoms with Crippen molar-refractivity contribution in [2.75, 3.05) is 11.1 Å². The fourth-order valence-electron chi connectivity index (χ4n) is 1.88. The second kappa shape index (κ2) is 6.70. The summed E-state index contributed by atoms with van der Waals surface area (Å²) >= 11 is 3.43. The van der Waals surface area contributed by atoms with Gasteiger partial charge in [0.15, 0.2) is 0 Å². The average Bonchev–Trinajstić information content (AvgIpc) is 2.43. The SMILES string of the molecule is CCCc1nc(N)c(C)c(NCc2ccc(Br)cc2)n1. The maximum Gasteiger partial charge on any atom is 0.135 e. The van der Waals surface area contributed by atoms with E-state index < -0.39 is 0 Å². The summed E-state index contributed by atoms with van der Waals surface area (Å²) in [5, 5.41) is 3.34. The van der Waals surface area contributed by atoms with Gasteiger partial charge in [-0.25, -0.2) is 9.97 Å². The number of nitrogens with one attached hydrogen (secondary N) is 1. The van der Waals surface area contributed by atoms with E-state index in [1.165, 1.54) is 5.56 Å². The largest absolute Gasteiger partial charge is 0.383 e. The van der Waals surface area contributed by atoms with Crippen LogP contribution in [0.1, 0.15) is 30.3 Å². The molecule has 0 amide bonds. The van der Waals surface area contributed by atoms with Gasteiger partial charge in [-0.05, 0) is 31.0 Å². The molecule has 0 atom stereocenters. The predicted molar refractivity (Wildman–Crippen MR) is 86.6 cm³/mol. The highest BCUT2D eigenvalue weighted by molar-refractivity contribution is 9.10. The fraction of sp³-hybridized carbons (Fsp3) is 0.333. The quantitative estimate of drug-likeness (QED) is 0.875. The number of nitrogens with zero attached hydrogens (tertiary/aromatic N) is 2. The first-order chi connectivity index (χ1) is 9.60. The molecular weight excluding hydrogens is 316 g/mol. The third-order valence-corrected chi connectivity index (χ3v) is 3.61. The lowest BCUT2D eigenvalue weighted by Gasteiger charge is -2.12. The first-order valence-electron chi connectivity index (χ1n) is 6.71. The number of halogens is 1. The Kier molecular flexibility index (Phi) is 4.95. The van der Waals surface area contributed by atoms with Gasteiger partial charge in [0.25, 0.3) is 0 Å². The van der Waals surface area contributed by atoms with Crippen molar-refractivity contribution in [1.82, 2.24) is 9.97 Å². The third-order valence-electron chi connectivity index (χ3n) is 3.08. The van der Waals surface area contributed by atoms with Crippen LogP contribution in [-0.2, 0) is 13.0 Å². The van der Waals surface area contributed by atoms with Gasteiger partial charge in [-0.15, -0.1) is 0 Å². The van der Waals surface area contributed by atoms with E-state index in [2.05, 4.69) is 50.3 Å². The molecule has 2 rings (SSSR count). The molecule has 3 N–H and O–H groups in total. The molecule has 5 heteroatoms.